The first-order chi connectivity index (χ1) is 15.0. The van der Waals surface area contributed by atoms with E-state index in [4.69, 9.17) is 25.0 Å². The molecule has 0 saturated heterocycles. The number of fused-ring (bicyclic) bond motifs is 1. The minimum atomic E-state index is -0.658. The number of anilines is 1. The molecule has 1 atom stereocenters. The normalized spacial score (nSPS) is 15.2. The van der Waals surface area contributed by atoms with E-state index in [1.165, 1.54) is 0 Å². The van der Waals surface area contributed by atoms with Crippen LogP contribution in [0.5, 0.6) is 17.2 Å². The van der Waals surface area contributed by atoms with Crippen LogP contribution < -0.4 is 25.3 Å². The third-order valence-corrected chi connectivity index (χ3v) is 5.20. The van der Waals surface area contributed by atoms with Gasteiger partial charge in [0.05, 0.1) is 32.5 Å². The lowest BCUT2D eigenvalue weighted by Gasteiger charge is -2.28. The fraction of sp³-hybridized carbons (Fsp3) is 0.227. The fourth-order valence-corrected chi connectivity index (χ4v) is 3.75. The maximum absolute atomic E-state index is 12.5. The molecule has 0 fully saturated rings. The predicted molar refractivity (Wildman–Crippen MR) is 115 cm³/mol. The lowest BCUT2D eigenvalue weighted by molar-refractivity contribution is -0.115. The SMILES string of the molecule is COc1ccc(OC)c(C2C(C(N)=O)=C(C)Nc3nc(-c4ccccc4OC)nn32)c1. The number of carbonyl (C=O) groups is 1. The number of nitrogens with two attached hydrogens (primary N) is 1. The average Bonchev–Trinajstić information content (AvgIpc) is 3.20. The van der Waals surface area contributed by atoms with Crippen LogP contribution >= 0.6 is 0 Å². The number of primary amides is 1. The van der Waals surface area contributed by atoms with Crippen LogP contribution in [-0.2, 0) is 4.79 Å². The zero-order valence-corrected chi connectivity index (χ0v) is 17.7. The highest BCUT2D eigenvalue weighted by Crippen LogP contribution is 2.41. The highest BCUT2D eigenvalue weighted by Gasteiger charge is 2.35. The molecule has 0 bridgehead atoms. The maximum atomic E-state index is 12.5. The molecular formula is C22H23N5O4. The van der Waals surface area contributed by atoms with E-state index < -0.39 is 11.9 Å². The Labute approximate surface area is 179 Å². The molecule has 0 radical (unpaired) electrons. The van der Waals surface area contributed by atoms with Crippen molar-refractivity contribution in [2.45, 2.75) is 13.0 Å². The fourth-order valence-electron chi connectivity index (χ4n) is 3.75. The third kappa shape index (κ3) is 3.43. The molecule has 4 rings (SSSR count). The molecule has 0 spiro atoms. The van der Waals surface area contributed by atoms with Gasteiger partial charge < -0.3 is 25.3 Å². The largest absolute Gasteiger partial charge is 0.497 e. The Morgan fingerprint density at radius 2 is 1.81 bits per heavy atom. The van der Waals surface area contributed by atoms with Crippen molar-refractivity contribution in [1.82, 2.24) is 14.8 Å². The molecule has 2 aromatic carbocycles. The lowest BCUT2D eigenvalue weighted by atomic mass is 9.94. The van der Waals surface area contributed by atoms with Crippen LogP contribution in [0.3, 0.4) is 0 Å². The van der Waals surface area contributed by atoms with Gasteiger partial charge in [0, 0.05) is 11.3 Å². The number of amides is 1. The van der Waals surface area contributed by atoms with Crippen molar-refractivity contribution < 1.29 is 19.0 Å². The van der Waals surface area contributed by atoms with Gasteiger partial charge in [-0.1, -0.05) is 12.1 Å². The molecule has 160 valence electrons. The molecule has 0 aliphatic carbocycles. The van der Waals surface area contributed by atoms with Crippen molar-refractivity contribution in [3.63, 3.8) is 0 Å². The summed E-state index contributed by atoms with van der Waals surface area (Å²) in [5, 5.41) is 7.85. The first-order valence-electron chi connectivity index (χ1n) is 9.58. The second kappa shape index (κ2) is 8.02. The Morgan fingerprint density at radius 3 is 2.48 bits per heavy atom. The van der Waals surface area contributed by atoms with Gasteiger partial charge in [-0.25, -0.2) is 4.68 Å². The Hall–Kier alpha value is -4.01. The molecular weight excluding hydrogens is 398 g/mol. The van der Waals surface area contributed by atoms with Gasteiger partial charge in [0.15, 0.2) is 5.82 Å². The van der Waals surface area contributed by atoms with Crippen molar-refractivity contribution in [2.24, 2.45) is 5.73 Å². The highest BCUT2D eigenvalue weighted by atomic mass is 16.5. The van der Waals surface area contributed by atoms with Gasteiger partial charge in [-0.15, -0.1) is 5.10 Å². The minimum Gasteiger partial charge on any atom is -0.497 e. The number of ether oxygens (including phenoxy) is 3. The molecule has 0 saturated carbocycles. The zero-order valence-electron chi connectivity index (χ0n) is 17.7. The second-order valence-corrected chi connectivity index (χ2v) is 6.94. The summed E-state index contributed by atoms with van der Waals surface area (Å²) in [7, 11) is 4.73. The number of methoxy groups -OCH3 is 3. The Bertz CT molecular complexity index is 1180. The van der Waals surface area contributed by atoms with Crippen molar-refractivity contribution >= 4 is 11.9 Å². The summed E-state index contributed by atoms with van der Waals surface area (Å²) in [6.07, 6.45) is 0. The van der Waals surface area contributed by atoms with Crippen LogP contribution in [0.2, 0.25) is 0 Å². The summed E-state index contributed by atoms with van der Waals surface area (Å²) in [6, 6.07) is 12.2. The Balaban J connectivity index is 1.95. The average molecular weight is 421 g/mol. The smallest absolute Gasteiger partial charge is 0.248 e. The topological polar surface area (TPSA) is 114 Å². The van der Waals surface area contributed by atoms with Gasteiger partial charge >= 0.3 is 0 Å². The minimum absolute atomic E-state index is 0.357. The number of carbonyl (C=O) groups excluding carboxylic acids is 1. The van der Waals surface area contributed by atoms with E-state index in [-0.39, 0.29) is 0 Å². The molecule has 3 N–H and O–H groups in total. The van der Waals surface area contributed by atoms with Gasteiger partial charge in [-0.2, -0.15) is 4.98 Å². The molecule has 1 aliphatic heterocycles. The second-order valence-electron chi connectivity index (χ2n) is 6.94. The van der Waals surface area contributed by atoms with Crippen molar-refractivity contribution in [3.05, 3.63) is 59.3 Å². The number of hydrogen-bond donors (Lipinski definition) is 2. The van der Waals surface area contributed by atoms with Gasteiger partial charge in [0.25, 0.3) is 0 Å². The van der Waals surface area contributed by atoms with E-state index in [9.17, 15) is 4.79 Å². The monoisotopic (exact) mass is 421 g/mol. The van der Waals surface area contributed by atoms with Crippen LogP contribution in [0.15, 0.2) is 53.7 Å². The first-order valence-corrected chi connectivity index (χ1v) is 9.58. The number of nitrogens with zero attached hydrogens (tertiary/aromatic N) is 3. The zero-order chi connectivity index (χ0) is 22.1. The number of allylic oxidation sites excluding steroid dienone is 1. The number of aromatic nitrogens is 3. The van der Waals surface area contributed by atoms with E-state index in [0.29, 0.717) is 45.9 Å². The third-order valence-electron chi connectivity index (χ3n) is 5.20. The predicted octanol–water partition coefficient (Wildman–Crippen LogP) is 2.75. The van der Waals surface area contributed by atoms with Crippen LogP contribution in [0, 0.1) is 0 Å². The molecule has 1 unspecified atom stereocenters. The summed E-state index contributed by atoms with van der Waals surface area (Å²) in [5.41, 5.74) is 8.13. The summed E-state index contributed by atoms with van der Waals surface area (Å²) in [5.74, 6) is 2.17. The van der Waals surface area contributed by atoms with Crippen LogP contribution in [0.1, 0.15) is 18.5 Å². The quantitative estimate of drug-likeness (QED) is 0.629. The summed E-state index contributed by atoms with van der Waals surface area (Å²) < 4.78 is 18.1. The van der Waals surface area contributed by atoms with Gasteiger partial charge in [-0.05, 0) is 37.3 Å². The van der Waals surface area contributed by atoms with E-state index >= 15 is 0 Å². The van der Waals surface area contributed by atoms with Crippen molar-refractivity contribution in [3.8, 4) is 28.6 Å². The number of hydrogen-bond acceptors (Lipinski definition) is 7. The summed E-state index contributed by atoms with van der Waals surface area (Å²) >= 11 is 0. The van der Waals surface area contributed by atoms with Gasteiger partial charge in [0.2, 0.25) is 11.9 Å². The number of rotatable bonds is 6. The van der Waals surface area contributed by atoms with E-state index in [1.807, 2.05) is 24.3 Å². The first kappa shape index (κ1) is 20.3. The van der Waals surface area contributed by atoms with Crippen LogP contribution in [-0.4, -0.2) is 42.0 Å². The Morgan fingerprint density at radius 1 is 1.06 bits per heavy atom. The Kier molecular flexibility index (Phi) is 5.24. The standard InChI is InChI=1S/C22H23N5O4/c1-12-18(20(23)28)19(15-11-13(29-2)9-10-17(15)31-4)27-22(24-12)25-21(26-27)14-7-5-6-8-16(14)30-3/h5-11,19H,1-4H3,(H2,23,28)(H,24,25,26). The van der Waals surface area contributed by atoms with Crippen molar-refractivity contribution in [1.29, 1.82) is 0 Å². The van der Waals surface area contributed by atoms with Crippen molar-refractivity contribution in [2.75, 3.05) is 26.6 Å². The van der Waals surface area contributed by atoms with Gasteiger partial charge in [0.1, 0.15) is 23.3 Å². The molecule has 31 heavy (non-hydrogen) atoms. The molecule has 1 aromatic heterocycles. The van der Waals surface area contributed by atoms with Gasteiger partial charge in [-0.3, -0.25) is 4.79 Å². The van der Waals surface area contributed by atoms with E-state index in [2.05, 4.69) is 10.3 Å². The molecule has 9 nitrogen and oxygen atoms in total. The molecule has 1 aliphatic rings. The summed E-state index contributed by atoms with van der Waals surface area (Å²) in [4.78, 5) is 17.1. The van der Waals surface area contributed by atoms with E-state index in [1.54, 1.807) is 51.1 Å². The molecule has 2 heterocycles. The molecule has 3 aromatic rings. The summed E-state index contributed by atoms with van der Waals surface area (Å²) in [6.45, 7) is 1.78. The number of benzene rings is 2. The van der Waals surface area contributed by atoms with E-state index in [0.717, 1.165) is 5.56 Å². The molecule has 1 amide bonds. The molecule has 9 heteroatoms. The maximum Gasteiger partial charge on any atom is 0.248 e. The lowest BCUT2D eigenvalue weighted by Crippen LogP contribution is -2.32. The highest BCUT2D eigenvalue weighted by molar-refractivity contribution is 5.95. The van der Waals surface area contributed by atoms with Crippen LogP contribution in [0.4, 0.5) is 5.95 Å². The van der Waals surface area contributed by atoms with Crippen LogP contribution in [0.25, 0.3) is 11.4 Å². The number of nitrogens with one attached hydrogen (secondary N) is 1. The number of para-hydroxylation sites is 1.